The van der Waals surface area contributed by atoms with Crippen molar-refractivity contribution in [3.8, 4) is 0 Å². The van der Waals surface area contributed by atoms with Gasteiger partial charge in [0.2, 0.25) is 5.91 Å². The summed E-state index contributed by atoms with van der Waals surface area (Å²) in [7, 11) is 0. The summed E-state index contributed by atoms with van der Waals surface area (Å²) in [6.07, 6.45) is 3.39. The van der Waals surface area contributed by atoms with Crippen LogP contribution in [0, 0.1) is 5.82 Å². The molecule has 1 aromatic rings. The van der Waals surface area contributed by atoms with Crippen molar-refractivity contribution in [2.24, 2.45) is 0 Å². The lowest BCUT2D eigenvalue weighted by molar-refractivity contribution is -0.137. The van der Waals surface area contributed by atoms with E-state index in [1.54, 1.807) is 12.1 Å². The zero-order chi connectivity index (χ0) is 13.2. The second-order valence-electron chi connectivity index (χ2n) is 5.48. The number of hydrogen-bond donors (Lipinski definition) is 0. The molecule has 0 saturated carbocycles. The minimum absolute atomic E-state index is 0.147. The number of benzene rings is 1. The maximum absolute atomic E-state index is 12.9. The van der Waals surface area contributed by atoms with Crippen molar-refractivity contribution in [3.63, 3.8) is 0 Å². The average Bonchev–Trinajstić information content (AvgIpc) is 2.39. The Bertz CT molecular complexity index is 419. The van der Waals surface area contributed by atoms with Crippen LogP contribution in [0.15, 0.2) is 24.3 Å². The Labute approximate surface area is 108 Å². The highest BCUT2D eigenvalue weighted by Gasteiger charge is 2.34. The minimum atomic E-state index is -0.578. The molecule has 1 amide bonds. The maximum atomic E-state index is 12.9. The third kappa shape index (κ3) is 2.55. The highest BCUT2D eigenvalue weighted by Crippen LogP contribution is 2.27. The summed E-state index contributed by atoms with van der Waals surface area (Å²) in [5, 5.41) is 0. The molecule has 1 aromatic carbocycles. The molecule has 0 N–H and O–H groups in total. The molecule has 0 atom stereocenters. The number of carbonyl (C=O) groups excluding carboxylic acids is 1. The fraction of sp³-hybridized carbons (Fsp3) is 0.533. The maximum Gasteiger partial charge on any atom is 0.232 e. The van der Waals surface area contributed by atoms with E-state index in [1.807, 2.05) is 18.7 Å². The lowest BCUT2D eigenvalue weighted by atomic mass is 9.82. The van der Waals surface area contributed by atoms with Crippen LogP contribution in [0.25, 0.3) is 0 Å². The van der Waals surface area contributed by atoms with E-state index < -0.39 is 5.41 Å². The number of rotatable bonds is 2. The van der Waals surface area contributed by atoms with E-state index >= 15 is 0 Å². The molecule has 1 heterocycles. The van der Waals surface area contributed by atoms with Crippen molar-refractivity contribution in [2.45, 2.75) is 38.5 Å². The highest BCUT2D eigenvalue weighted by atomic mass is 19.1. The fourth-order valence-corrected chi connectivity index (χ4v) is 2.48. The lowest BCUT2D eigenvalue weighted by Crippen LogP contribution is -2.45. The smallest absolute Gasteiger partial charge is 0.232 e. The molecule has 2 nitrogen and oxygen atoms in total. The van der Waals surface area contributed by atoms with Gasteiger partial charge >= 0.3 is 0 Å². The topological polar surface area (TPSA) is 20.3 Å². The van der Waals surface area contributed by atoms with E-state index in [9.17, 15) is 9.18 Å². The zero-order valence-corrected chi connectivity index (χ0v) is 11.1. The summed E-state index contributed by atoms with van der Waals surface area (Å²) in [5.74, 6) is -0.117. The van der Waals surface area contributed by atoms with E-state index in [0.717, 1.165) is 31.5 Å². The predicted molar refractivity (Wildman–Crippen MR) is 69.9 cm³/mol. The second-order valence-corrected chi connectivity index (χ2v) is 5.48. The van der Waals surface area contributed by atoms with Gasteiger partial charge in [-0.3, -0.25) is 4.79 Å². The van der Waals surface area contributed by atoms with Gasteiger partial charge in [0.1, 0.15) is 5.82 Å². The molecule has 1 saturated heterocycles. The molecule has 98 valence electrons. The van der Waals surface area contributed by atoms with E-state index in [2.05, 4.69) is 0 Å². The number of piperidine rings is 1. The van der Waals surface area contributed by atoms with Gasteiger partial charge in [-0.25, -0.2) is 4.39 Å². The molecule has 0 aliphatic carbocycles. The van der Waals surface area contributed by atoms with E-state index in [0.29, 0.717) is 0 Å². The molecule has 1 fully saturated rings. The molecule has 18 heavy (non-hydrogen) atoms. The molecule has 3 heteroatoms. The third-order valence-electron chi connectivity index (χ3n) is 3.74. The van der Waals surface area contributed by atoms with Crippen molar-refractivity contribution >= 4 is 5.91 Å². The Morgan fingerprint density at radius 3 is 2.22 bits per heavy atom. The summed E-state index contributed by atoms with van der Waals surface area (Å²) >= 11 is 0. The molecule has 1 aliphatic rings. The Balaban J connectivity index is 2.18. The quantitative estimate of drug-likeness (QED) is 0.788. The van der Waals surface area contributed by atoms with E-state index in [-0.39, 0.29) is 11.7 Å². The second kappa shape index (κ2) is 5.09. The Hall–Kier alpha value is -1.38. The first-order valence-electron chi connectivity index (χ1n) is 6.57. The van der Waals surface area contributed by atoms with Crippen LogP contribution in [0.4, 0.5) is 4.39 Å². The summed E-state index contributed by atoms with van der Waals surface area (Å²) in [6.45, 7) is 5.53. The number of halogens is 1. The molecule has 0 bridgehead atoms. The minimum Gasteiger partial charge on any atom is -0.342 e. The molecule has 0 spiro atoms. The highest BCUT2D eigenvalue weighted by molar-refractivity contribution is 5.87. The number of carbonyl (C=O) groups is 1. The standard InChI is InChI=1S/C15H20FNO/c1-15(2,12-6-8-13(16)9-7-12)14(18)17-10-4-3-5-11-17/h6-9H,3-5,10-11H2,1-2H3. The molecular formula is C15H20FNO. The first-order valence-corrected chi connectivity index (χ1v) is 6.57. The summed E-state index contributed by atoms with van der Waals surface area (Å²) in [5.41, 5.74) is 0.296. The Kier molecular flexibility index (Phi) is 3.69. The van der Waals surface area contributed by atoms with Crippen molar-refractivity contribution in [1.82, 2.24) is 4.90 Å². The summed E-state index contributed by atoms with van der Waals surface area (Å²) in [6, 6.07) is 6.25. The predicted octanol–water partition coefficient (Wildman–Crippen LogP) is 3.12. The van der Waals surface area contributed by atoms with Crippen molar-refractivity contribution in [3.05, 3.63) is 35.6 Å². The largest absolute Gasteiger partial charge is 0.342 e. The number of nitrogens with zero attached hydrogens (tertiary/aromatic N) is 1. The van der Waals surface area contributed by atoms with Gasteiger partial charge in [-0.15, -0.1) is 0 Å². The normalized spacial score (nSPS) is 16.7. The van der Waals surface area contributed by atoms with Crippen LogP contribution < -0.4 is 0 Å². The van der Waals surface area contributed by atoms with Gasteiger partial charge in [0.05, 0.1) is 5.41 Å². The van der Waals surface area contributed by atoms with Crippen LogP contribution in [-0.2, 0) is 10.2 Å². The number of hydrogen-bond acceptors (Lipinski definition) is 1. The fourth-order valence-electron chi connectivity index (χ4n) is 2.48. The van der Waals surface area contributed by atoms with E-state index in [4.69, 9.17) is 0 Å². The molecule has 0 aromatic heterocycles. The van der Waals surface area contributed by atoms with Crippen LogP contribution in [0.1, 0.15) is 38.7 Å². The van der Waals surface area contributed by atoms with Crippen molar-refractivity contribution < 1.29 is 9.18 Å². The number of amides is 1. The van der Waals surface area contributed by atoms with Gasteiger partial charge in [0.25, 0.3) is 0 Å². The summed E-state index contributed by atoms with van der Waals surface area (Å²) in [4.78, 5) is 14.5. The van der Waals surface area contributed by atoms with Crippen LogP contribution in [0.5, 0.6) is 0 Å². The first-order chi connectivity index (χ1) is 8.51. The molecule has 0 unspecified atom stereocenters. The van der Waals surface area contributed by atoms with E-state index in [1.165, 1.54) is 18.6 Å². The SMILES string of the molecule is CC(C)(C(=O)N1CCCCC1)c1ccc(F)cc1. The third-order valence-corrected chi connectivity index (χ3v) is 3.74. The van der Waals surface area contributed by atoms with Gasteiger partial charge < -0.3 is 4.90 Å². The van der Waals surface area contributed by atoms with Crippen molar-refractivity contribution in [2.75, 3.05) is 13.1 Å². The molecule has 1 aliphatic heterocycles. The van der Waals surface area contributed by atoms with Gasteiger partial charge in [-0.2, -0.15) is 0 Å². The monoisotopic (exact) mass is 249 g/mol. The van der Waals surface area contributed by atoms with Gasteiger partial charge in [-0.05, 0) is 50.8 Å². The van der Waals surface area contributed by atoms with Crippen LogP contribution in [0.2, 0.25) is 0 Å². The Morgan fingerprint density at radius 1 is 1.11 bits per heavy atom. The average molecular weight is 249 g/mol. The first kappa shape index (κ1) is 13.1. The molecular weight excluding hydrogens is 229 g/mol. The number of likely N-dealkylation sites (tertiary alicyclic amines) is 1. The van der Waals surface area contributed by atoms with Crippen LogP contribution in [0.3, 0.4) is 0 Å². The zero-order valence-electron chi connectivity index (χ0n) is 11.1. The van der Waals surface area contributed by atoms with Crippen LogP contribution >= 0.6 is 0 Å². The Morgan fingerprint density at radius 2 is 1.67 bits per heavy atom. The summed E-state index contributed by atoms with van der Waals surface area (Å²) < 4.78 is 12.9. The van der Waals surface area contributed by atoms with Gasteiger partial charge in [-0.1, -0.05) is 12.1 Å². The molecule has 2 rings (SSSR count). The van der Waals surface area contributed by atoms with Crippen molar-refractivity contribution in [1.29, 1.82) is 0 Å². The molecule has 0 radical (unpaired) electrons. The van der Waals surface area contributed by atoms with Crippen LogP contribution in [-0.4, -0.2) is 23.9 Å². The van der Waals surface area contributed by atoms with Gasteiger partial charge in [0, 0.05) is 13.1 Å². The van der Waals surface area contributed by atoms with Gasteiger partial charge in [0.15, 0.2) is 0 Å². The lowest BCUT2D eigenvalue weighted by Gasteiger charge is -2.34.